The van der Waals surface area contributed by atoms with Crippen LogP contribution in [-0.4, -0.2) is 41.8 Å². The standard InChI is InChI=1S/C20H20F2N4O2S/c1-25(28-2)19(27)26-20(11-6-12-23,14-7-4-3-5-8-14)29-18(24-26)16-13-15(21)9-10-17(16)22/h3-11,13H,12,23H2,1-2H3/b11-6+/t20-/m0/s1. The van der Waals surface area contributed by atoms with Gasteiger partial charge < -0.3 is 5.73 Å². The number of hydrogen-bond acceptors (Lipinski definition) is 5. The fourth-order valence-electron chi connectivity index (χ4n) is 2.83. The first-order valence-corrected chi connectivity index (χ1v) is 9.53. The SMILES string of the molecule is CON(C)C(=O)N1N=C(c2cc(F)ccc2F)S[C@@]1(/C=C/CN)c1ccccc1. The first-order valence-electron chi connectivity index (χ1n) is 8.71. The Morgan fingerprint density at radius 2 is 2.03 bits per heavy atom. The van der Waals surface area contributed by atoms with Crippen molar-refractivity contribution in [1.82, 2.24) is 10.1 Å². The van der Waals surface area contributed by atoms with E-state index >= 15 is 0 Å². The van der Waals surface area contributed by atoms with Crippen LogP contribution in [0.2, 0.25) is 0 Å². The summed E-state index contributed by atoms with van der Waals surface area (Å²) in [7, 11) is 2.78. The molecule has 0 saturated carbocycles. The Balaban J connectivity index is 2.19. The lowest BCUT2D eigenvalue weighted by molar-refractivity contribution is -0.0786. The summed E-state index contributed by atoms with van der Waals surface area (Å²) in [5.41, 5.74) is 6.34. The van der Waals surface area contributed by atoms with E-state index in [0.29, 0.717) is 5.56 Å². The van der Waals surface area contributed by atoms with Crippen LogP contribution in [0.5, 0.6) is 0 Å². The molecule has 1 aliphatic heterocycles. The zero-order chi connectivity index (χ0) is 21.0. The number of hydrogen-bond donors (Lipinski definition) is 1. The molecule has 2 aromatic rings. The van der Waals surface area contributed by atoms with Gasteiger partial charge in [0.25, 0.3) is 0 Å². The number of benzene rings is 2. The third-order valence-electron chi connectivity index (χ3n) is 4.31. The lowest BCUT2D eigenvalue weighted by Crippen LogP contribution is -2.45. The van der Waals surface area contributed by atoms with Crippen LogP contribution in [0.25, 0.3) is 0 Å². The summed E-state index contributed by atoms with van der Waals surface area (Å²) in [6, 6.07) is 11.6. The van der Waals surface area contributed by atoms with Crippen LogP contribution in [0.1, 0.15) is 11.1 Å². The highest BCUT2D eigenvalue weighted by atomic mass is 32.2. The first-order chi connectivity index (χ1) is 13.9. The van der Waals surface area contributed by atoms with Crippen molar-refractivity contribution >= 4 is 22.8 Å². The second kappa shape index (κ2) is 8.73. The van der Waals surface area contributed by atoms with Crippen molar-refractivity contribution in [3.63, 3.8) is 0 Å². The first kappa shape index (κ1) is 21.0. The quantitative estimate of drug-likeness (QED) is 0.594. The van der Waals surface area contributed by atoms with E-state index in [1.165, 1.54) is 19.2 Å². The number of urea groups is 1. The van der Waals surface area contributed by atoms with Gasteiger partial charge in [-0.05, 0) is 29.8 Å². The van der Waals surface area contributed by atoms with E-state index in [9.17, 15) is 13.6 Å². The van der Waals surface area contributed by atoms with E-state index < -0.39 is 22.5 Å². The molecule has 1 heterocycles. The monoisotopic (exact) mass is 418 g/mol. The molecular weight excluding hydrogens is 398 g/mol. The molecule has 0 saturated heterocycles. The summed E-state index contributed by atoms with van der Waals surface area (Å²) >= 11 is 1.12. The normalized spacial score (nSPS) is 18.9. The molecule has 0 radical (unpaired) electrons. The molecule has 1 aliphatic rings. The van der Waals surface area contributed by atoms with Crippen molar-refractivity contribution in [1.29, 1.82) is 0 Å². The topological polar surface area (TPSA) is 71.2 Å². The number of thioether (sulfide) groups is 1. The molecule has 0 spiro atoms. The Morgan fingerprint density at radius 1 is 1.31 bits per heavy atom. The average Bonchev–Trinajstić information content (AvgIpc) is 3.14. The van der Waals surface area contributed by atoms with E-state index in [1.807, 2.05) is 30.3 Å². The highest BCUT2D eigenvalue weighted by molar-refractivity contribution is 8.15. The van der Waals surface area contributed by atoms with Crippen molar-refractivity contribution in [2.24, 2.45) is 10.8 Å². The summed E-state index contributed by atoms with van der Waals surface area (Å²) in [6.07, 6.45) is 3.41. The van der Waals surface area contributed by atoms with Gasteiger partial charge in [-0.3, -0.25) is 4.84 Å². The number of carbonyl (C=O) groups is 1. The van der Waals surface area contributed by atoms with E-state index in [1.54, 1.807) is 12.2 Å². The van der Waals surface area contributed by atoms with Gasteiger partial charge in [-0.15, -0.1) is 0 Å². The summed E-state index contributed by atoms with van der Waals surface area (Å²) in [4.78, 5) is 16.9. The molecular formula is C20H20F2N4O2S. The molecule has 0 bridgehead atoms. The second-order valence-corrected chi connectivity index (χ2v) is 7.32. The van der Waals surface area contributed by atoms with Crippen LogP contribution < -0.4 is 5.73 Å². The minimum Gasteiger partial charge on any atom is -0.327 e. The predicted octanol–water partition coefficient (Wildman–Crippen LogP) is 3.66. The third kappa shape index (κ3) is 4.02. The minimum absolute atomic E-state index is 0.0353. The van der Waals surface area contributed by atoms with Crippen LogP contribution in [0.3, 0.4) is 0 Å². The molecule has 0 aromatic heterocycles. The average molecular weight is 418 g/mol. The molecule has 29 heavy (non-hydrogen) atoms. The van der Waals surface area contributed by atoms with Gasteiger partial charge in [0.05, 0.1) is 7.11 Å². The van der Waals surface area contributed by atoms with E-state index in [0.717, 1.165) is 35.0 Å². The molecule has 3 rings (SSSR count). The molecule has 9 heteroatoms. The van der Waals surface area contributed by atoms with Gasteiger partial charge in [0.2, 0.25) is 0 Å². The van der Waals surface area contributed by atoms with Crippen LogP contribution in [0.15, 0.2) is 65.8 Å². The van der Waals surface area contributed by atoms with Crippen molar-refractivity contribution in [2.45, 2.75) is 4.87 Å². The van der Waals surface area contributed by atoms with Crippen LogP contribution in [-0.2, 0) is 9.71 Å². The van der Waals surface area contributed by atoms with Gasteiger partial charge in [-0.2, -0.15) is 10.1 Å². The molecule has 152 valence electrons. The second-order valence-electron chi connectivity index (χ2n) is 6.11. The maximum Gasteiger partial charge on any atom is 0.366 e. The van der Waals surface area contributed by atoms with E-state index in [2.05, 4.69) is 5.10 Å². The third-order valence-corrected chi connectivity index (χ3v) is 5.66. The largest absolute Gasteiger partial charge is 0.366 e. The highest BCUT2D eigenvalue weighted by Crippen LogP contribution is 2.49. The van der Waals surface area contributed by atoms with E-state index in [-0.39, 0.29) is 17.2 Å². The molecule has 6 nitrogen and oxygen atoms in total. The van der Waals surface area contributed by atoms with Gasteiger partial charge in [0, 0.05) is 19.2 Å². The molecule has 0 fully saturated rings. The predicted molar refractivity (Wildman–Crippen MR) is 109 cm³/mol. The van der Waals surface area contributed by atoms with Crippen molar-refractivity contribution in [2.75, 3.05) is 20.7 Å². The molecule has 2 aromatic carbocycles. The number of halogens is 2. The van der Waals surface area contributed by atoms with Crippen LogP contribution >= 0.6 is 11.8 Å². The van der Waals surface area contributed by atoms with Gasteiger partial charge in [0.15, 0.2) is 4.87 Å². The maximum absolute atomic E-state index is 14.4. The number of rotatable bonds is 5. The summed E-state index contributed by atoms with van der Waals surface area (Å²) in [5, 5.41) is 6.70. The van der Waals surface area contributed by atoms with Crippen LogP contribution in [0, 0.1) is 11.6 Å². The molecule has 2 N–H and O–H groups in total. The Hall–Kier alpha value is -2.75. The zero-order valence-corrected chi connectivity index (χ0v) is 16.7. The number of nitrogens with zero attached hydrogens (tertiary/aromatic N) is 3. The lowest BCUT2D eigenvalue weighted by atomic mass is 10.1. The van der Waals surface area contributed by atoms with E-state index in [4.69, 9.17) is 10.6 Å². The fourth-order valence-corrected chi connectivity index (χ4v) is 4.14. The Kier molecular flexibility index (Phi) is 6.31. The minimum atomic E-state index is -1.15. The number of nitrogens with two attached hydrogens (primary N) is 1. The number of amides is 2. The van der Waals surface area contributed by atoms with Gasteiger partial charge in [0.1, 0.15) is 16.7 Å². The van der Waals surface area contributed by atoms with Crippen LogP contribution in [0.4, 0.5) is 13.6 Å². The zero-order valence-electron chi connectivity index (χ0n) is 15.9. The Morgan fingerprint density at radius 3 is 2.69 bits per heavy atom. The molecule has 1 atom stereocenters. The van der Waals surface area contributed by atoms with Crippen molar-refractivity contribution < 1.29 is 18.4 Å². The lowest BCUT2D eigenvalue weighted by Gasteiger charge is -2.34. The van der Waals surface area contributed by atoms with Gasteiger partial charge >= 0.3 is 6.03 Å². The summed E-state index contributed by atoms with van der Waals surface area (Å²) in [5.74, 6) is -1.25. The molecule has 2 amide bonds. The fraction of sp³-hybridized carbons (Fsp3) is 0.200. The summed E-state index contributed by atoms with van der Waals surface area (Å²) in [6.45, 7) is 0.223. The van der Waals surface area contributed by atoms with Crippen molar-refractivity contribution in [3.8, 4) is 0 Å². The number of carbonyl (C=O) groups excluding carboxylic acids is 1. The molecule has 0 unspecified atom stereocenters. The Bertz CT molecular complexity index is 955. The Labute approximate surface area is 171 Å². The number of hydrazone groups is 1. The molecule has 0 aliphatic carbocycles. The smallest absolute Gasteiger partial charge is 0.327 e. The van der Waals surface area contributed by atoms with Gasteiger partial charge in [-0.25, -0.2) is 18.6 Å². The highest BCUT2D eigenvalue weighted by Gasteiger charge is 2.48. The van der Waals surface area contributed by atoms with Gasteiger partial charge in [-0.1, -0.05) is 48.2 Å². The van der Waals surface area contributed by atoms with Crippen molar-refractivity contribution in [3.05, 3.63) is 83.4 Å². The summed E-state index contributed by atoms with van der Waals surface area (Å²) < 4.78 is 28.2. The number of hydroxylamine groups is 2. The maximum atomic E-state index is 14.4.